The molecule has 1 aliphatic carbocycles. The Bertz CT molecular complexity index is 984. The van der Waals surface area contributed by atoms with Crippen molar-refractivity contribution in [3.8, 4) is 5.75 Å². The Labute approximate surface area is 201 Å². The normalized spacial score (nSPS) is 17.6. The van der Waals surface area contributed by atoms with E-state index in [1.165, 1.54) is 30.6 Å². The van der Waals surface area contributed by atoms with Gasteiger partial charge in [0, 0.05) is 44.4 Å². The molecule has 0 bridgehead atoms. The fourth-order valence-electron chi connectivity index (χ4n) is 3.28. The van der Waals surface area contributed by atoms with Crippen molar-refractivity contribution >= 4 is 11.9 Å². The number of halogens is 6. The number of ether oxygens (including phenoxy) is 1. The molecule has 1 fully saturated rings. The van der Waals surface area contributed by atoms with Crippen molar-refractivity contribution in [1.82, 2.24) is 19.7 Å². The molecular formula is C21H24F6N4O5. The number of carbonyl (C=O) groups is 2. The number of carboxylic acid groups (broad SMARTS) is 2. The molecule has 15 heteroatoms. The van der Waals surface area contributed by atoms with Crippen LogP contribution >= 0.6 is 0 Å². The van der Waals surface area contributed by atoms with Crippen LogP contribution in [0.1, 0.15) is 30.0 Å². The van der Waals surface area contributed by atoms with E-state index in [2.05, 4.69) is 15.0 Å². The first-order chi connectivity index (χ1) is 16.7. The maximum absolute atomic E-state index is 10.6. The second-order valence-corrected chi connectivity index (χ2v) is 8.11. The van der Waals surface area contributed by atoms with Crippen LogP contribution in [0.5, 0.6) is 5.75 Å². The summed E-state index contributed by atoms with van der Waals surface area (Å²) in [6.07, 6.45) is -1.82. The van der Waals surface area contributed by atoms with Crippen LogP contribution in [0.15, 0.2) is 30.7 Å². The number of aryl methyl sites for hydroxylation is 1. The highest BCUT2D eigenvalue weighted by molar-refractivity contribution is 5.73. The highest BCUT2D eigenvalue weighted by Gasteiger charge is 2.39. The second-order valence-electron chi connectivity index (χ2n) is 8.11. The van der Waals surface area contributed by atoms with E-state index in [9.17, 15) is 26.3 Å². The molecule has 2 N–H and O–H groups in total. The molecule has 1 atom stereocenters. The summed E-state index contributed by atoms with van der Waals surface area (Å²) < 4.78 is 71.4. The van der Waals surface area contributed by atoms with E-state index >= 15 is 0 Å². The van der Waals surface area contributed by atoms with Gasteiger partial charge >= 0.3 is 24.3 Å². The summed E-state index contributed by atoms with van der Waals surface area (Å²) in [5.74, 6) is -3.38. The van der Waals surface area contributed by atoms with E-state index in [4.69, 9.17) is 24.5 Å². The highest BCUT2D eigenvalue weighted by Crippen LogP contribution is 2.34. The van der Waals surface area contributed by atoms with Crippen molar-refractivity contribution in [3.63, 3.8) is 0 Å². The molecular weight excluding hydrogens is 502 g/mol. The lowest BCUT2D eigenvalue weighted by Gasteiger charge is -2.33. The molecule has 4 rings (SSSR count). The zero-order valence-corrected chi connectivity index (χ0v) is 19.0. The van der Waals surface area contributed by atoms with Crippen molar-refractivity contribution in [1.29, 1.82) is 0 Å². The molecule has 0 aromatic carbocycles. The molecule has 9 nitrogen and oxygen atoms in total. The number of hydrogen-bond donors (Lipinski definition) is 2. The molecule has 0 saturated heterocycles. The van der Waals surface area contributed by atoms with Gasteiger partial charge in [0.25, 0.3) is 0 Å². The van der Waals surface area contributed by atoms with Crippen LogP contribution in [-0.4, -0.2) is 73.9 Å². The van der Waals surface area contributed by atoms with Gasteiger partial charge < -0.3 is 14.9 Å². The fourth-order valence-corrected chi connectivity index (χ4v) is 3.28. The van der Waals surface area contributed by atoms with Crippen LogP contribution in [0, 0.1) is 5.92 Å². The third-order valence-corrected chi connectivity index (χ3v) is 5.17. The van der Waals surface area contributed by atoms with E-state index in [-0.39, 0.29) is 0 Å². The predicted molar refractivity (Wildman–Crippen MR) is 111 cm³/mol. The molecule has 1 unspecified atom stereocenters. The largest absolute Gasteiger partial charge is 0.491 e. The number of nitrogens with zero attached hydrogens (tertiary/aromatic N) is 4. The number of hydrogen-bond acceptors (Lipinski definition) is 6. The van der Waals surface area contributed by atoms with Crippen LogP contribution in [-0.2, 0) is 23.2 Å². The van der Waals surface area contributed by atoms with E-state index < -0.39 is 24.3 Å². The zero-order valence-electron chi connectivity index (χ0n) is 19.0. The molecule has 2 aromatic heterocycles. The minimum atomic E-state index is -5.08. The monoisotopic (exact) mass is 526 g/mol. The Morgan fingerprint density at radius 1 is 1.08 bits per heavy atom. The number of rotatable bonds is 5. The lowest BCUT2D eigenvalue weighted by Crippen LogP contribution is -2.37. The maximum Gasteiger partial charge on any atom is 0.490 e. The zero-order chi connectivity index (χ0) is 27.1. The number of alkyl halides is 6. The summed E-state index contributed by atoms with van der Waals surface area (Å²) in [6.45, 7) is 3.99. The van der Waals surface area contributed by atoms with E-state index in [1.54, 1.807) is 12.4 Å². The van der Waals surface area contributed by atoms with Gasteiger partial charge in [0.1, 0.15) is 5.75 Å². The van der Waals surface area contributed by atoms with Crippen LogP contribution in [0.25, 0.3) is 0 Å². The molecule has 2 aromatic rings. The minimum absolute atomic E-state index is 0.386. The Morgan fingerprint density at radius 3 is 2.14 bits per heavy atom. The van der Waals surface area contributed by atoms with Crippen molar-refractivity contribution in [2.45, 2.75) is 37.7 Å². The van der Waals surface area contributed by atoms with Gasteiger partial charge in [0.2, 0.25) is 0 Å². The van der Waals surface area contributed by atoms with Crippen LogP contribution in [0.4, 0.5) is 26.3 Å². The van der Waals surface area contributed by atoms with Crippen molar-refractivity contribution in [3.05, 3.63) is 42.0 Å². The average Bonchev–Trinajstić information content (AvgIpc) is 3.53. The van der Waals surface area contributed by atoms with Gasteiger partial charge in [0.05, 0.1) is 24.7 Å². The quantitative estimate of drug-likeness (QED) is 0.569. The van der Waals surface area contributed by atoms with Crippen molar-refractivity contribution < 1.29 is 50.9 Å². The molecule has 1 saturated carbocycles. The van der Waals surface area contributed by atoms with Crippen molar-refractivity contribution in [2.24, 2.45) is 13.0 Å². The summed E-state index contributed by atoms with van der Waals surface area (Å²) in [6, 6.07) is 3.87. The summed E-state index contributed by atoms with van der Waals surface area (Å²) in [5, 5.41) is 18.7. The third-order valence-electron chi connectivity index (χ3n) is 5.17. The van der Waals surface area contributed by atoms with Gasteiger partial charge in [-0.3, -0.25) is 14.6 Å². The standard InChI is InChI=1S/C17H22N4O.2C2HF3O2/c1-20-17-11-21(9-13-4-5-13)10-14(16(17)8-19-20)12-22-15-3-2-6-18-7-15;2*3-2(4,5)1(6)7/h2-3,6-8,13-14H,4-5,9-12H2,1H3;2*(H,6,7). The van der Waals surface area contributed by atoms with Crippen LogP contribution < -0.4 is 4.74 Å². The molecule has 36 heavy (non-hydrogen) atoms. The Hall–Kier alpha value is -3.36. The lowest BCUT2D eigenvalue weighted by atomic mass is 9.95. The van der Waals surface area contributed by atoms with E-state index in [0.29, 0.717) is 12.5 Å². The number of carboxylic acids is 2. The third kappa shape index (κ3) is 9.36. The number of fused-ring (bicyclic) bond motifs is 1. The first-order valence-corrected chi connectivity index (χ1v) is 10.5. The minimum Gasteiger partial charge on any atom is -0.491 e. The van der Waals surface area contributed by atoms with Crippen molar-refractivity contribution in [2.75, 3.05) is 19.7 Å². The first-order valence-electron chi connectivity index (χ1n) is 10.5. The molecule has 1 aliphatic heterocycles. The summed E-state index contributed by atoms with van der Waals surface area (Å²) in [5.41, 5.74) is 2.69. The molecule has 2 aliphatic rings. The van der Waals surface area contributed by atoms with Gasteiger partial charge in [0.15, 0.2) is 0 Å². The predicted octanol–water partition coefficient (Wildman–Crippen LogP) is 3.47. The first kappa shape index (κ1) is 28.9. The highest BCUT2D eigenvalue weighted by atomic mass is 19.4. The van der Waals surface area contributed by atoms with Crippen LogP contribution in [0.2, 0.25) is 0 Å². The maximum atomic E-state index is 10.6. The SMILES string of the molecule is Cn1ncc2c1CN(CC1CC1)CC2COc1cccnc1.O=C(O)C(F)(F)F.O=C(O)C(F)(F)F. The second kappa shape index (κ2) is 12.1. The molecule has 0 amide bonds. The lowest BCUT2D eigenvalue weighted by molar-refractivity contribution is -0.193. The Kier molecular flexibility index (Phi) is 9.67. The smallest absolute Gasteiger partial charge is 0.490 e. The fraction of sp³-hybridized carbons (Fsp3) is 0.524. The topological polar surface area (TPSA) is 118 Å². The number of aromatic nitrogens is 3. The van der Waals surface area contributed by atoms with Gasteiger partial charge in [-0.05, 0) is 30.9 Å². The molecule has 3 heterocycles. The van der Waals surface area contributed by atoms with Crippen LogP contribution in [0.3, 0.4) is 0 Å². The van der Waals surface area contributed by atoms with Gasteiger partial charge in [-0.1, -0.05) is 0 Å². The van der Waals surface area contributed by atoms with E-state index in [1.807, 2.05) is 30.1 Å². The molecule has 0 radical (unpaired) electrons. The number of pyridine rings is 1. The summed E-state index contributed by atoms with van der Waals surface area (Å²) in [7, 11) is 2.04. The summed E-state index contributed by atoms with van der Waals surface area (Å²) in [4.78, 5) is 24.5. The Morgan fingerprint density at radius 2 is 1.67 bits per heavy atom. The van der Waals surface area contributed by atoms with Gasteiger partial charge in [-0.15, -0.1) is 0 Å². The summed E-state index contributed by atoms with van der Waals surface area (Å²) >= 11 is 0. The molecule has 200 valence electrons. The number of aliphatic carboxylic acids is 2. The Balaban J connectivity index is 0.000000271. The average molecular weight is 526 g/mol. The van der Waals surface area contributed by atoms with Gasteiger partial charge in [-0.2, -0.15) is 31.4 Å². The van der Waals surface area contributed by atoms with Gasteiger partial charge in [-0.25, -0.2) is 9.59 Å². The molecule has 0 spiro atoms. The van der Waals surface area contributed by atoms with E-state index in [0.717, 1.165) is 24.8 Å².